The number of aliphatic hydroxyl groups is 1. The minimum absolute atomic E-state index is 0.156. The Bertz CT molecular complexity index is 303. The van der Waals surface area contributed by atoms with Gasteiger partial charge in [-0.3, -0.25) is 4.79 Å². The fourth-order valence-corrected chi connectivity index (χ4v) is 1.20. The highest BCUT2D eigenvalue weighted by molar-refractivity contribution is 5.84. The average Bonchev–Trinajstić information content (AvgIpc) is 2.26. The molecule has 0 radical (unpaired) electrons. The Hall–Kier alpha value is -1.41. The molecular weight excluding hydrogens is 176 g/mol. The Labute approximate surface area is 83.9 Å². The zero-order valence-corrected chi connectivity index (χ0v) is 8.02. The fraction of sp³-hybridized carbons (Fsp3) is 0.250. The maximum Gasteiger partial charge on any atom is 0.166 e. The first-order chi connectivity index (χ1) is 6.75. The highest BCUT2D eigenvalue weighted by atomic mass is 16.3. The number of hydrogen-bond donors (Lipinski definition) is 1. The van der Waals surface area contributed by atoms with Gasteiger partial charge in [-0.1, -0.05) is 36.4 Å². The van der Waals surface area contributed by atoms with E-state index >= 15 is 0 Å². The average molecular weight is 190 g/mol. The van der Waals surface area contributed by atoms with Gasteiger partial charge in [0.25, 0.3) is 0 Å². The monoisotopic (exact) mass is 190 g/mol. The second-order valence-electron chi connectivity index (χ2n) is 3.11. The van der Waals surface area contributed by atoms with E-state index in [1.165, 1.54) is 0 Å². The Morgan fingerprint density at radius 1 is 1.43 bits per heavy atom. The van der Waals surface area contributed by atoms with Gasteiger partial charge in [0, 0.05) is 6.42 Å². The van der Waals surface area contributed by atoms with Gasteiger partial charge in [0.1, 0.15) is 6.10 Å². The van der Waals surface area contributed by atoms with E-state index in [1.54, 1.807) is 30.3 Å². The Kier molecular flexibility index (Phi) is 4.08. The van der Waals surface area contributed by atoms with Crippen LogP contribution in [-0.4, -0.2) is 10.9 Å². The fourth-order valence-electron chi connectivity index (χ4n) is 1.20. The van der Waals surface area contributed by atoms with Gasteiger partial charge < -0.3 is 5.11 Å². The van der Waals surface area contributed by atoms with Crippen LogP contribution in [0.4, 0.5) is 0 Å². The van der Waals surface area contributed by atoms with Crippen molar-refractivity contribution >= 4 is 5.78 Å². The summed E-state index contributed by atoms with van der Waals surface area (Å²) in [5.74, 6) is -0.156. The van der Waals surface area contributed by atoms with Crippen molar-refractivity contribution < 1.29 is 9.90 Å². The minimum Gasteiger partial charge on any atom is -0.381 e. The van der Waals surface area contributed by atoms with Gasteiger partial charge in [0.05, 0.1) is 0 Å². The number of benzene rings is 1. The SMILES string of the molecule is C=CCCC(=O)C(O)c1ccccc1. The number of rotatable bonds is 5. The molecule has 2 nitrogen and oxygen atoms in total. The van der Waals surface area contributed by atoms with E-state index in [0.29, 0.717) is 18.4 Å². The molecule has 1 rings (SSSR count). The molecule has 0 amide bonds. The van der Waals surface area contributed by atoms with Crippen molar-refractivity contribution in [2.45, 2.75) is 18.9 Å². The molecule has 1 aromatic rings. The Morgan fingerprint density at radius 2 is 2.07 bits per heavy atom. The zero-order chi connectivity index (χ0) is 10.4. The number of Topliss-reactive ketones (excluding diaryl/α,β-unsaturated/α-hetero) is 1. The number of carbonyl (C=O) groups is 1. The molecular formula is C12H14O2. The maximum atomic E-state index is 11.4. The van der Waals surface area contributed by atoms with Crippen molar-refractivity contribution in [2.24, 2.45) is 0 Å². The first-order valence-corrected chi connectivity index (χ1v) is 4.62. The zero-order valence-electron chi connectivity index (χ0n) is 8.02. The highest BCUT2D eigenvalue weighted by Crippen LogP contribution is 2.15. The topological polar surface area (TPSA) is 37.3 Å². The van der Waals surface area contributed by atoms with Crippen LogP contribution in [0.2, 0.25) is 0 Å². The number of ketones is 1. The standard InChI is InChI=1S/C12H14O2/c1-2-3-9-11(13)12(14)10-7-5-4-6-8-10/h2,4-8,12,14H,1,3,9H2. The van der Waals surface area contributed by atoms with E-state index < -0.39 is 6.10 Å². The van der Waals surface area contributed by atoms with Gasteiger partial charge in [-0.2, -0.15) is 0 Å². The van der Waals surface area contributed by atoms with Crippen LogP contribution in [0.3, 0.4) is 0 Å². The van der Waals surface area contributed by atoms with Crippen LogP contribution >= 0.6 is 0 Å². The van der Waals surface area contributed by atoms with Crippen LogP contribution in [0.5, 0.6) is 0 Å². The van der Waals surface area contributed by atoms with E-state index in [2.05, 4.69) is 6.58 Å². The molecule has 0 spiro atoms. The number of aliphatic hydroxyl groups excluding tert-OH is 1. The molecule has 0 bridgehead atoms. The summed E-state index contributed by atoms with van der Waals surface area (Å²) in [5.41, 5.74) is 0.654. The summed E-state index contributed by atoms with van der Waals surface area (Å²) in [6.07, 6.45) is 1.65. The molecule has 1 aromatic carbocycles. The van der Waals surface area contributed by atoms with Crippen molar-refractivity contribution in [1.82, 2.24) is 0 Å². The van der Waals surface area contributed by atoms with Gasteiger partial charge in [0.15, 0.2) is 5.78 Å². The Morgan fingerprint density at radius 3 is 2.64 bits per heavy atom. The van der Waals surface area contributed by atoms with Gasteiger partial charge >= 0.3 is 0 Å². The van der Waals surface area contributed by atoms with Crippen molar-refractivity contribution in [1.29, 1.82) is 0 Å². The lowest BCUT2D eigenvalue weighted by Crippen LogP contribution is -2.11. The van der Waals surface area contributed by atoms with Crippen molar-refractivity contribution in [3.8, 4) is 0 Å². The van der Waals surface area contributed by atoms with Crippen LogP contribution in [0.15, 0.2) is 43.0 Å². The molecule has 1 atom stereocenters. The smallest absolute Gasteiger partial charge is 0.166 e. The van der Waals surface area contributed by atoms with Crippen LogP contribution in [-0.2, 0) is 4.79 Å². The Balaban J connectivity index is 2.61. The molecule has 14 heavy (non-hydrogen) atoms. The third-order valence-electron chi connectivity index (χ3n) is 2.02. The quantitative estimate of drug-likeness (QED) is 0.723. The van der Waals surface area contributed by atoms with E-state index in [-0.39, 0.29) is 5.78 Å². The second-order valence-corrected chi connectivity index (χ2v) is 3.11. The molecule has 0 saturated carbocycles. The number of carbonyl (C=O) groups excluding carboxylic acids is 1. The van der Waals surface area contributed by atoms with Crippen molar-refractivity contribution in [2.75, 3.05) is 0 Å². The van der Waals surface area contributed by atoms with Gasteiger partial charge in [-0.05, 0) is 12.0 Å². The molecule has 0 aromatic heterocycles. The molecule has 0 aliphatic rings. The van der Waals surface area contributed by atoms with Crippen molar-refractivity contribution in [3.63, 3.8) is 0 Å². The summed E-state index contributed by atoms with van der Waals surface area (Å²) in [5, 5.41) is 9.63. The summed E-state index contributed by atoms with van der Waals surface area (Å²) in [7, 11) is 0. The minimum atomic E-state index is -0.990. The van der Waals surface area contributed by atoms with E-state index in [0.717, 1.165) is 0 Å². The molecule has 1 unspecified atom stereocenters. The molecule has 0 aliphatic heterocycles. The third-order valence-corrected chi connectivity index (χ3v) is 2.02. The number of allylic oxidation sites excluding steroid dienone is 1. The van der Waals surface area contributed by atoms with Gasteiger partial charge in [-0.15, -0.1) is 6.58 Å². The highest BCUT2D eigenvalue weighted by Gasteiger charge is 2.15. The lowest BCUT2D eigenvalue weighted by atomic mass is 10.0. The van der Waals surface area contributed by atoms with Gasteiger partial charge in [0.2, 0.25) is 0 Å². The first kappa shape index (κ1) is 10.7. The molecule has 0 saturated heterocycles. The molecule has 74 valence electrons. The van der Waals surface area contributed by atoms with Gasteiger partial charge in [-0.25, -0.2) is 0 Å². The molecule has 1 N–H and O–H groups in total. The summed E-state index contributed by atoms with van der Waals surface area (Å²) in [4.78, 5) is 11.4. The second kappa shape index (κ2) is 5.35. The number of hydrogen-bond acceptors (Lipinski definition) is 2. The van der Waals surface area contributed by atoms with Crippen LogP contribution in [0.1, 0.15) is 24.5 Å². The van der Waals surface area contributed by atoms with Crippen LogP contribution in [0, 0.1) is 0 Å². The predicted molar refractivity (Wildman–Crippen MR) is 55.8 cm³/mol. The lowest BCUT2D eigenvalue weighted by Gasteiger charge is -2.08. The van der Waals surface area contributed by atoms with Crippen molar-refractivity contribution in [3.05, 3.63) is 48.6 Å². The predicted octanol–water partition coefficient (Wildman–Crippen LogP) is 2.26. The van der Waals surface area contributed by atoms with Crippen LogP contribution < -0.4 is 0 Å². The maximum absolute atomic E-state index is 11.4. The third kappa shape index (κ3) is 2.82. The molecule has 0 fully saturated rings. The first-order valence-electron chi connectivity index (χ1n) is 4.62. The van der Waals surface area contributed by atoms with E-state index in [9.17, 15) is 9.90 Å². The molecule has 0 heterocycles. The summed E-state index contributed by atoms with van der Waals surface area (Å²) >= 11 is 0. The molecule has 2 heteroatoms. The van der Waals surface area contributed by atoms with E-state index in [1.807, 2.05) is 6.07 Å². The summed E-state index contributed by atoms with van der Waals surface area (Å²) in [6, 6.07) is 8.95. The normalized spacial score (nSPS) is 12.1. The molecule has 0 aliphatic carbocycles. The van der Waals surface area contributed by atoms with E-state index in [4.69, 9.17) is 0 Å². The lowest BCUT2D eigenvalue weighted by molar-refractivity contribution is -0.127. The summed E-state index contributed by atoms with van der Waals surface area (Å²) < 4.78 is 0. The largest absolute Gasteiger partial charge is 0.381 e. The summed E-state index contributed by atoms with van der Waals surface area (Å²) in [6.45, 7) is 3.53. The van der Waals surface area contributed by atoms with Crippen LogP contribution in [0.25, 0.3) is 0 Å².